The van der Waals surface area contributed by atoms with Crippen LogP contribution in [0.3, 0.4) is 0 Å². The fraction of sp³-hybridized carbons (Fsp3) is 0.778. The van der Waals surface area contributed by atoms with Crippen molar-refractivity contribution in [3.05, 3.63) is 12.4 Å². The molecule has 0 aromatic carbocycles. The minimum absolute atomic E-state index is 0.180. The average molecular weight is 334 g/mol. The van der Waals surface area contributed by atoms with Crippen molar-refractivity contribution < 1.29 is 10.2 Å². The maximum Gasteiger partial charge on any atom is 0.133 e. The van der Waals surface area contributed by atoms with Gasteiger partial charge in [-0.15, -0.1) is 0 Å². The van der Waals surface area contributed by atoms with Crippen LogP contribution in [-0.2, 0) is 0 Å². The lowest BCUT2D eigenvalue weighted by Gasteiger charge is -2.27. The number of aliphatic hydroxyl groups excluding tert-OH is 2. The molecule has 0 bridgehead atoms. The van der Waals surface area contributed by atoms with Crippen molar-refractivity contribution in [1.82, 2.24) is 9.97 Å². The fourth-order valence-corrected chi connectivity index (χ4v) is 4.11. The monoisotopic (exact) mass is 334 g/mol. The third kappa shape index (κ3) is 3.98. The van der Waals surface area contributed by atoms with Crippen LogP contribution in [0, 0.1) is 11.8 Å². The number of hydrogen-bond donors (Lipinski definition) is 2. The molecule has 0 aliphatic heterocycles. The lowest BCUT2D eigenvalue weighted by molar-refractivity contribution is 0.135. The van der Waals surface area contributed by atoms with Gasteiger partial charge in [0.1, 0.15) is 18.0 Å². The van der Waals surface area contributed by atoms with Crippen molar-refractivity contribution in [2.24, 2.45) is 11.8 Å². The van der Waals surface area contributed by atoms with E-state index in [1.807, 2.05) is 20.2 Å². The molecule has 2 fully saturated rings. The van der Waals surface area contributed by atoms with Crippen LogP contribution in [0.15, 0.2) is 12.4 Å². The molecule has 4 unspecified atom stereocenters. The van der Waals surface area contributed by atoms with E-state index in [2.05, 4.69) is 19.8 Å². The lowest BCUT2D eigenvalue weighted by atomic mass is 10.1. The van der Waals surface area contributed by atoms with Crippen LogP contribution in [0.1, 0.15) is 38.5 Å². The second kappa shape index (κ2) is 7.66. The molecular weight excluding hydrogens is 304 g/mol. The van der Waals surface area contributed by atoms with E-state index in [-0.39, 0.29) is 12.2 Å². The van der Waals surface area contributed by atoms with E-state index < -0.39 is 0 Å². The first kappa shape index (κ1) is 17.4. The second-order valence-electron chi connectivity index (χ2n) is 7.51. The Morgan fingerprint density at radius 1 is 0.875 bits per heavy atom. The van der Waals surface area contributed by atoms with E-state index in [0.29, 0.717) is 11.8 Å². The van der Waals surface area contributed by atoms with Crippen molar-refractivity contribution in [2.75, 3.05) is 37.0 Å². The summed E-state index contributed by atoms with van der Waals surface area (Å²) in [5.41, 5.74) is 0. The number of aromatic nitrogens is 2. The largest absolute Gasteiger partial charge is 0.393 e. The molecule has 2 aliphatic carbocycles. The molecule has 2 saturated carbocycles. The zero-order valence-electron chi connectivity index (χ0n) is 14.8. The molecule has 6 heteroatoms. The molecule has 24 heavy (non-hydrogen) atoms. The maximum absolute atomic E-state index is 10.0. The zero-order valence-corrected chi connectivity index (χ0v) is 14.8. The molecular formula is C18H30N4O2. The topological polar surface area (TPSA) is 72.7 Å². The molecule has 2 aliphatic rings. The quantitative estimate of drug-likeness (QED) is 0.824. The number of aliphatic hydroxyl groups is 2. The standard InChI is InChI=1S/C18H30N4O2/c1-21(10-13-5-3-7-15(13)23)17-9-18(20-12-19-17)22(2)11-14-6-4-8-16(14)24/h9,12-16,23-24H,3-8,10-11H2,1-2H3. The minimum atomic E-state index is -0.180. The van der Waals surface area contributed by atoms with Gasteiger partial charge in [0.05, 0.1) is 12.2 Å². The normalized spacial score (nSPS) is 29.8. The summed E-state index contributed by atoms with van der Waals surface area (Å²) in [5.74, 6) is 2.44. The Hall–Kier alpha value is -1.40. The Morgan fingerprint density at radius 2 is 1.33 bits per heavy atom. The predicted molar refractivity (Wildman–Crippen MR) is 95.3 cm³/mol. The third-order valence-electron chi connectivity index (χ3n) is 5.68. The van der Waals surface area contributed by atoms with Gasteiger partial charge in [0, 0.05) is 45.1 Å². The number of hydrogen-bond acceptors (Lipinski definition) is 6. The summed E-state index contributed by atoms with van der Waals surface area (Å²) >= 11 is 0. The average Bonchev–Trinajstić information content (AvgIpc) is 3.16. The highest BCUT2D eigenvalue weighted by atomic mass is 16.3. The van der Waals surface area contributed by atoms with Crippen LogP contribution in [0.4, 0.5) is 11.6 Å². The Bertz CT molecular complexity index is 498. The molecule has 0 spiro atoms. The van der Waals surface area contributed by atoms with E-state index in [4.69, 9.17) is 0 Å². The number of nitrogens with zero attached hydrogens (tertiary/aromatic N) is 4. The highest BCUT2D eigenvalue weighted by molar-refractivity contribution is 5.49. The molecule has 0 amide bonds. The molecule has 0 saturated heterocycles. The number of anilines is 2. The van der Waals surface area contributed by atoms with Gasteiger partial charge in [-0.1, -0.05) is 12.8 Å². The Morgan fingerprint density at radius 3 is 1.71 bits per heavy atom. The van der Waals surface area contributed by atoms with E-state index in [0.717, 1.165) is 63.3 Å². The van der Waals surface area contributed by atoms with E-state index in [9.17, 15) is 10.2 Å². The van der Waals surface area contributed by atoms with Crippen molar-refractivity contribution >= 4 is 11.6 Å². The van der Waals surface area contributed by atoms with Crippen molar-refractivity contribution in [3.63, 3.8) is 0 Å². The van der Waals surface area contributed by atoms with E-state index >= 15 is 0 Å². The van der Waals surface area contributed by atoms with Gasteiger partial charge in [-0.3, -0.25) is 0 Å². The van der Waals surface area contributed by atoms with Gasteiger partial charge in [0.25, 0.3) is 0 Å². The SMILES string of the molecule is CN(CC1CCCC1O)c1cc(N(C)CC2CCCC2O)ncn1. The van der Waals surface area contributed by atoms with Gasteiger partial charge in [-0.05, 0) is 25.7 Å². The molecule has 1 aromatic heterocycles. The van der Waals surface area contributed by atoms with Crippen LogP contribution in [0.2, 0.25) is 0 Å². The second-order valence-corrected chi connectivity index (χ2v) is 7.51. The summed E-state index contributed by atoms with van der Waals surface area (Å²) in [7, 11) is 4.05. The summed E-state index contributed by atoms with van der Waals surface area (Å²) in [5, 5.41) is 20.0. The first-order chi connectivity index (χ1) is 11.5. The van der Waals surface area contributed by atoms with Crippen molar-refractivity contribution in [3.8, 4) is 0 Å². The van der Waals surface area contributed by atoms with Crippen LogP contribution < -0.4 is 9.80 Å². The predicted octanol–water partition coefficient (Wildman–Crippen LogP) is 1.67. The van der Waals surface area contributed by atoms with E-state index in [1.54, 1.807) is 6.33 Å². The first-order valence-corrected chi connectivity index (χ1v) is 9.15. The molecule has 2 N–H and O–H groups in total. The molecule has 134 valence electrons. The summed E-state index contributed by atoms with van der Waals surface area (Å²) in [6.07, 6.45) is 7.47. The van der Waals surface area contributed by atoms with Gasteiger partial charge in [0.2, 0.25) is 0 Å². The maximum atomic E-state index is 10.0. The van der Waals surface area contributed by atoms with Crippen LogP contribution >= 0.6 is 0 Å². The van der Waals surface area contributed by atoms with Crippen molar-refractivity contribution in [2.45, 2.75) is 50.7 Å². The fourth-order valence-electron chi connectivity index (χ4n) is 4.11. The smallest absolute Gasteiger partial charge is 0.133 e. The van der Waals surface area contributed by atoms with Crippen LogP contribution in [-0.4, -0.2) is 59.6 Å². The first-order valence-electron chi connectivity index (χ1n) is 9.15. The summed E-state index contributed by atoms with van der Waals surface area (Å²) < 4.78 is 0. The van der Waals surface area contributed by atoms with Crippen LogP contribution in [0.5, 0.6) is 0 Å². The van der Waals surface area contributed by atoms with Gasteiger partial charge >= 0.3 is 0 Å². The van der Waals surface area contributed by atoms with Crippen LogP contribution in [0.25, 0.3) is 0 Å². The molecule has 3 rings (SSSR count). The number of rotatable bonds is 6. The molecule has 1 aromatic rings. The van der Waals surface area contributed by atoms with E-state index in [1.165, 1.54) is 0 Å². The van der Waals surface area contributed by atoms with Gasteiger partial charge in [-0.2, -0.15) is 0 Å². The summed E-state index contributed by atoms with van der Waals surface area (Å²) in [6.45, 7) is 1.64. The third-order valence-corrected chi connectivity index (χ3v) is 5.68. The molecule has 6 nitrogen and oxygen atoms in total. The van der Waals surface area contributed by atoms with Gasteiger partial charge in [0.15, 0.2) is 0 Å². The highest BCUT2D eigenvalue weighted by Gasteiger charge is 2.28. The Labute approximate surface area is 144 Å². The Balaban J connectivity index is 1.62. The van der Waals surface area contributed by atoms with Gasteiger partial charge < -0.3 is 20.0 Å². The molecule has 4 atom stereocenters. The lowest BCUT2D eigenvalue weighted by Crippen LogP contribution is -2.32. The summed E-state index contributed by atoms with van der Waals surface area (Å²) in [4.78, 5) is 13.0. The zero-order chi connectivity index (χ0) is 17.1. The Kier molecular flexibility index (Phi) is 5.56. The molecule has 1 heterocycles. The van der Waals surface area contributed by atoms with Crippen molar-refractivity contribution in [1.29, 1.82) is 0 Å². The minimum Gasteiger partial charge on any atom is -0.393 e. The summed E-state index contributed by atoms with van der Waals surface area (Å²) in [6, 6.07) is 2.00. The highest BCUT2D eigenvalue weighted by Crippen LogP contribution is 2.29. The molecule has 0 radical (unpaired) electrons. The van der Waals surface area contributed by atoms with Gasteiger partial charge in [-0.25, -0.2) is 9.97 Å².